The van der Waals surface area contributed by atoms with E-state index < -0.39 is 0 Å². The van der Waals surface area contributed by atoms with E-state index in [0.29, 0.717) is 30.2 Å². The smallest absolute Gasteiger partial charge is 0.274 e. The second kappa shape index (κ2) is 8.14. The van der Waals surface area contributed by atoms with Crippen LogP contribution in [0.1, 0.15) is 63.8 Å². The minimum Gasteiger partial charge on any atom is -0.383 e. The Labute approximate surface area is 170 Å². The molecule has 0 aliphatic carbocycles. The number of hydrogen-bond donors (Lipinski definition) is 1. The van der Waals surface area contributed by atoms with Crippen molar-refractivity contribution in [2.75, 3.05) is 31.9 Å². The Hall–Kier alpha value is -3.03. The predicted molar refractivity (Wildman–Crippen MR) is 108 cm³/mol. The number of nitrogens with zero attached hydrogens (tertiary/aromatic N) is 5. The van der Waals surface area contributed by atoms with Crippen molar-refractivity contribution in [2.24, 2.45) is 0 Å². The van der Waals surface area contributed by atoms with Crippen LogP contribution in [0.25, 0.3) is 0 Å². The summed E-state index contributed by atoms with van der Waals surface area (Å²) in [5.74, 6) is 0.405. The molecule has 152 valence electrons. The lowest BCUT2D eigenvalue weighted by Crippen LogP contribution is -2.38. The number of pyridine rings is 1. The second-order valence-corrected chi connectivity index (χ2v) is 7.78. The Kier molecular flexibility index (Phi) is 5.42. The van der Waals surface area contributed by atoms with E-state index in [1.54, 1.807) is 12.3 Å². The van der Waals surface area contributed by atoms with Gasteiger partial charge in [-0.2, -0.15) is 0 Å². The first kappa shape index (κ1) is 19.3. The summed E-state index contributed by atoms with van der Waals surface area (Å²) < 4.78 is 0. The number of anilines is 1. The minimum absolute atomic E-state index is 0.0290. The lowest BCUT2D eigenvalue weighted by molar-refractivity contribution is 0.0704. The van der Waals surface area contributed by atoms with Gasteiger partial charge in [-0.25, -0.2) is 9.97 Å². The van der Waals surface area contributed by atoms with Crippen LogP contribution in [0.15, 0.2) is 24.5 Å². The van der Waals surface area contributed by atoms with Crippen LogP contribution in [0.3, 0.4) is 0 Å². The Morgan fingerprint density at radius 3 is 2.28 bits per heavy atom. The Morgan fingerprint density at radius 1 is 0.966 bits per heavy atom. The van der Waals surface area contributed by atoms with Gasteiger partial charge in [-0.15, -0.1) is 0 Å². The van der Waals surface area contributed by atoms with Crippen molar-refractivity contribution in [2.45, 2.75) is 38.5 Å². The predicted octanol–water partition coefficient (Wildman–Crippen LogP) is 2.02. The van der Waals surface area contributed by atoms with Gasteiger partial charge in [0, 0.05) is 44.0 Å². The summed E-state index contributed by atoms with van der Waals surface area (Å²) in [6.07, 6.45) is 6.83. The Morgan fingerprint density at radius 2 is 1.66 bits per heavy atom. The second-order valence-electron chi connectivity index (χ2n) is 7.78. The number of amides is 2. The fraction of sp³-hybridized carbons (Fsp3) is 0.476. The molecule has 4 heterocycles. The molecule has 8 heteroatoms. The van der Waals surface area contributed by atoms with E-state index >= 15 is 0 Å². The van der Waals surface area contributed by atoms with E-state index in [9.17, 15) is 9.59 Å². The minimum atomic E-state index is -0.0880. The standard InChI is InChI=1S/C21H26N6O2/c1-14-12-24-18(13-23-14)21(29)27-10-6-15(7-11-27)17-5-4-16(19(22)25-17)20(28)26-8-2-3-9-26/h4-5,12-13,15H,2-3,6-11H2,1H3,(H2,22,25). The molecule has 2 saturated heterocycles. The molecule has 0 saturated carbocycles. The number of aryl methyl sites for hydroxylation is 1. The number of nitrogen functional groups attached to an aromatic ring is 1. The third kappa shape index (κ3) is 4.06. The van der Waals surface area contributed by atoms with Gasteiger partial charge in [-0.1, -0.05) is 0 Å². The molecule has 2 fully saturated rings. The van der Waals surface area contributed by atoms with E-state index in [4.69, 9.17) is 5.73 Å². The molecule has 2 aliphatic heterocycles. The zero-order valence-electron chi connectivity index (χ0n) is 16.7. The molecule has 2 N–H and O–H groups in total. The molecule has 2 aromatic rings. The van der Waals surface area contributed by atoms with Crippen molar-refractivity contribution in [3.8, 4) is 0 Å². The van der Waals surface area contributed by atoms with Crippen LogP contribution < -0.4 is 5.73 Å². The van der Waals surface area contributed by atoms with Crippen LogP contribution in [0, 0.1) is 6.92 Å². The van der Waals surface area contributed by atoms with Crippen LogP contribution in [-0.2, 0) is 0 Å². The lowest BCUT2D eigenvalue weighted by atomic mass is 9.92. The first-order chi connectivity index (χ1) is 14.0. The monoisotopic (exact) mass is 394 g/mol. The van der Waals surface area contributed by atoms with Gasteiger partial charge in [0.2, 0.25) is 0 Å². The summed E-state index contributed by atoms with van der Waals surface area (Å²) in [5.41, 5.74) is 8.66. The maximum Gasteiger partial charge on any atom is 0.274 e. The summed E-state index contributed by atoms with van der Waals surface area (Å²) in [6, 6.07) is 3.71. The van der Waals surface area contributed by atoms with E-state index in [1.807, 2.05) is 22.8 Å². The van der Waals surface area contributed by atoms with Gasteiger partial charge in [0.1, 0.15) is 11.5 Å². The Bertz CT molecular complexity index is 900. The average Bonchev–Trinajstić information content (AvgIpc) is 3.28. The molecular weight excluding hydrogens is 368 g/mol. The van der Waals surface area contributed by atoms with E-state index in [1.165, 1.54) is 6.20 Å². The quantitative estimate of drug-likeness (QED) is 0.854. The van der Waals surface area contributed by atoms with Gasteiger partial charge in [0.25, 0.3) is 11.8 Å². The van der Waals surface area contributed by atoms with Crippen LogP contribution in [-0.4, -0.2) is 62.7 Å². The van der Waals surface area contributed by atoms with Crippen LogP contribution >= 0.6 is 0 Å². The van der Waals surface area contributed by atoms with Crippen molar-refractivity contribution >= 4 is 17.6 Å². The number of rotatable bonds is 3. The van der Waals surface area contributed by atoms with Gasteiger partial charge in [-0.3, -0.25) is 14.6 Å². The number of nitrogens with two attached hydrogens (primary N) is 1. The van der Waals surface area contributed by atoms with Gasteiger partial charge in [-0.05, 0) is 44.7 Å². The van der Waals surface area contributed by atoms with Crippen molar-refractivity contribution < 1.29 is 9.59 Å². The number of likely N-dealkylation sites (tertiary alicyclic amines) is 2. The number of carbonyl (C=O) groups is 2. The molecule has 2 amide bonds. The molecule has 0 radical (unpaired) electrons. The molecule has 4 rings (SSSR count). The highest BCUT2D eigenvalue weighted by Crippen LogP contribution is 2.29. The van der Waals surface area contributed by atoms with E-state index in [0.717, 1.165) is 50.2 Å². The highest BCUT2D eigenvalue weighted by atomic mass is 16.2. The normalized spacial score (nSPS) is 17.6. The third-order valence-corrected chi connectivity index (χ3v) is 5.77. The maximum atomic E-state index is 12.6. The molecule has 2 aromatic heterocycles. The SMILES string of the molecule is Cc1cnc(C(=O)N2CCC(c3ccc(C(=O)N4CCCC4)c(N)n3)CC2)cn1. The number of carbonyl (C=O) groups excluding carboxylic acids is 2. The summed E-state index contributed by atoms with van der Waals surface area (Å²) in [7, 11) is 0. The molecule has 0 spiro atoms. The van der Waals surface area contributed by atoms with E-state index in [2.05, 4.69) is 15.0 Å². The topological polar surface area (TPSA) is 105 Å². The fourth-order valence-electron chi connectivity index (χ4n) is 4.03. The third-order valence-electron chi connectivity index (χ3n) is 5.77. The summed E-state index contributed by atoms with van der Waals surface area (Å²) in [4.78, 5) is 41.7. The van der Waals surface area contributed by atoms with Crippen LogP contribution in [0.5, 0.6) is 0 Å². The van der Waals surface area contributed by atoms with Crippen LogP contribution in [0.4, 0.5) is 5.82 Å². The number of hydrogen-bond acceptors (Lipinski definition) is 6. The molecular formula is C21H26N6O2. The highest BCUT2D eigenvalue weighted by molar-refractivity contribution is 5.98. The molecule has 0 atom stereocenters. The number of aromatic nitrogens is 3. The summed E-state index contributed by atoms with van der Waals surface area (Å²) in [6.45, 7) is 4.69. The molecule has 8 nitrogen and oxygen atoms in total. The summed E-state index contributed by atoms with van der Waals surface area (Å²) >= 11 is 0. The van der Waals surface area contributed by atoms with Gasteiger partial charge in [0.05, 0.1) is 17.5 Å². The van der Waals surface area contributed by atoms with Gasteiger partial charge < -0.3 is 15.5 Å². The highest BCUT2D eigenvalue weighted by Gasteiger charge is 2.27. The van der Waals surface area contributed by atoms with Crippen molar-refractivity contribution in [1.29, 1.82) is 0 Å². The molecule has 0 bridgehead atoms. The average molecular weight is 394 g/mol. The van der Waals surface area contributed by atoms with Crippen molar-refractivity contribution in [3.63, 3.8) is 0 Å². The van der Waals surface area contributed by atoms with Gasteiger partial charge in [0.15, 0.2) is 0 Å². The molecule has 0 unspecified atom stereocenters. The van der Waals surface area contributed by atoms with E-state index in [-0.39, 0.29) is 17.7 Å². The van der Waals surface area contributed by atoms with Crippen molar-refractivity contribution in [3.05, 3.63) is 47.2 Å². The Balaban J connectivity index is 1.39. The van der Waals surface area contributed by atoms with Gasteiger partial charge >= 0.3 is 0 Å². The zero-order valence-corrected chi connectivity index (χ0v) is 16.7. The molecule has 2 aliphatic rings. The van der Waals surface area contributed by atoms with Crippen molar-refractivity contribution in [1.82, 2.24) is 24.8 Å². The first-order valence-corrected chi connectivity index (χ1v) is 10.2. The number of piperidine rings is 1. The molecule has 29 heavy (non-hydrogen) atoms. The fourth-order valence-corrected chi connectivity index (χ4v) is 4.03. The lowest BCUT2D eigenvalue weighted by Gasteiger charge is -2.31. The largest absolute Gasteiger partial charge is 0.383 e. The molecule has 0 aromatic carbocycles. The first-order valence-electron chi connectivity index (χ1n) is 10.2. The zero-order chi connectivity index (χ0) is 20.4. The van der Waals surface area contributed by atoms with Crippen LogP contribution in [0.2, 0.25) is 0 Å². The maximum absolute atomic E-state index is 12.6. The summed E-state index contributed by atoms with van der Waals surface area (Å²) in [5, 5.41) is 0.